The number of benzene rings is 2. The Morgan fingerprint density at radius 1 is 1.17 bits per heavy atom. The summed E-state index contributed by atoms with van der Waals surface area (Å²) in [6, 6.07) is 14.0. The van der Waals surface area contributed by atoms with E-state index in [-0.39, 0.29) is 6.61 Å². The minimum atomic E-state index is -0.463. The molecule has 0 aliphatic heterocycles. The van der Waals surface area contributed by atoms with E-state index in [1.54, 1.807) is 31.3 Å². The molecule has 24 heavy (non-hydrogen) atoms. The van der Waals surface area contributed by atoms with E-state index in [1.807, 2.05) is 25.1 Å². The first-order valence-corrected chi connectivity index (χ1v) is 7.56. The second-order valence-electron chi connectivity index (χ2n) is 5.46. The number of rotatable bonds is 4. The Hall–Kier alpha value is -3.08. The Morgan fingerprint density at radius 3 is 2.75 bits per heavy atom. The van der Waals surface area contributed by atoms with Crippen molar-refractivity contribution in [3.63, 3.8) is 0 Å². The van der Waals surface area contributed by atoms with Crippen molar-refractivity contribution >= 4 is 22.6 Å². The lowest BCUT2D eigenvalue weighted by Gasteiger charge is -2.10. The Morgan fingerprint density at radius 2 is 1.96 bits per heavy atom. The second-order valence-corrected chi connectivity index (χ2v) is 5.46. The summed E-state index contributed by atoms with van der Waals surface area (Å²) in [4.78, 5) is 24.0. The third kappa shape index (κ3) is 3.15. The van der Waals surface area contributed by atoms with Crippen molar-refractivity contribution < 1.29 is 13.9 Å². The fraction of sp³-hybridized carbons (Fsp3) is 0.158. The van der Waals surface area contributed by atoms with Crippen LogP contribution in [-0.4, -0.2) is 13.0 Å². The lowest BCUT2D eigenvalue weighted by molar-refractivity contribution is 0.0475. The lowest BCUT2D eigenvalue weighted by Crippen LogP contribution is -2.10. The van der Waals surface area contributed by atoms with Crippen LogP contribution in [0.3, 0.4) is 0 Å². The average Bonchev–Trinajstić information content (AvgIpc) is 2.58. The first-order chi connectivity index (χ1) is 11.6. The number of fused-ring (bicyclic) bond motifs is 1. The zero-order chi connectivity index (χ0) is 17.1. The van der Waals surface area contributed by atoms with Crippen molar-refractivity contribution in [3.8, 4) is 0 Å². The molecule has 0 saturated heterocycles. The second kappa shape index (κ2) is 6.58. The molecule has 0 amide bonds. The molecule has 5 heteroatoms. The molecule has 3 aromatic rings. The van der Waals surface area contributed by atoms with Gasteiger partial charge in [0.25, 0.3) is 0 Å². The van der Waals surface area contributed by atoms with E-state index < -0.39 is 11.6 Å². The molecule has 0 aliphatic carbocycles. The van der Waals surface area contributed by atoms with Gasteiger partial charge in [0.1, 0.15) is 12.2 Å². The van der Waals surface area contributed by atoms with Crippen molar-refractivity contribution in [3.05, 3.63) is 75.6 Å². The summed E-state index contributed by atoms with van der Waals surface area (Å²) in [7, 11) is 1.74. The Bertz CT molecular complexity index is 959. The third-order valence-electron chi connectivity index (χ3n) is 3.76. The van der Waals surface area contributed by atoms with Crippen LogP contribution in [0, 0.1) is 6.92 Å². The Labute approximate surface area is 138 Å². The SMILES string of the molecule is CNc1ccccc1C(=O)OCc1cc(=O)oc2cc(C)ccc12. The normalized spacial score (nSPS) is 10.6. The molecular formula is C19H17NO4. The van der Waals surface area contributed by atoms with Gasteiger partial charge >= 0.3 is 11.6 Å². The van der Waals surface area contributed by atoms with E-state index >= 15 is 0 Å². The van der Waals surface area contributed by atoms with Crippen LogP contribution in [0.4, 0.5) is 5.69 Å². The molecule has 1 aromatic heterocycles. The van der Waals surface area contributed by atoms with E-state index in [0.717, 1.165) is 10.9 Å². The van der Waals surface area contributed by atoms with Crippen LogP contribution in [0.25, 0.3) is 11.0 Å². The molecule has 2 aromatic carbocycles. The highest BCUT2D eigenvalue weighted by atomic mass is 16.5. The number of anilines is 1. The molecular weight excluding hydrogens is 306 g/mol. The summed E-state index contributed by atoms with van der Waals surface area (Å²) in [5.41, 5.74) is 2.77. The maximum atomic E-state index is 12.3. The minimum absolute atomic E-state index is 0.00203. The van der Waals surface area contributed by atoms with E-state index in [1.165, 1.54) is 6.07 Å². The van der Waals surface area contributed by atoms with Gasteiger partial charge in [0, 0.05) is 29.8 Å². The fourth-order valence-corrected chi connectivity index (χ4v) is 2.56. The number of esters is 1. The van der Waals surface area contributed by atoms with E-state index in [2.05, 4.69) is 5.32 Å². The Balaban J connectivity index is 1.88. The number of aryl methyl sites for hydroxylation is 1. The highest BCUT2D eigenvalue weighted by molar-refractivity contribution is 5.95. The molecule has 0 unspecified atom stereocenters. The number of nitrogens with one attached hydrogen (secondary N) is 1. The van der Waals surface area contributed by atoms with Crippen molar-refractivity contribution in [1.29, 1.82) is 0 Å². The van der Waals surface area contributed by atoms with Crippen LogP contribution in [0.15, 0.2) is 57.7 Å². The molecule has 0 radical (unpaired) electrons. The predicted octanol–water partition coefficient (Wildman–Crippen LogP) is 3.50. The smallest absolute Gasteiger partial charge is 0.340 e. The zero-order valence-electron chi connectivity index (χ0n) is 13.5. The maximum Gasteiger partial charge on any atom is 0.340 e. The standard InChI is InChI=1S/C19H17NO4/c1-12-7-8-14-13(10-18(21)24-17(14)9-12)11-23-19(22)15-5-3-4-6-16(15)20-2/h3-10,20H,11H2,1-2H3. The van der Waals surface area contributed by atoms with E-state index in [0.29, 0.717) is 22.4 Å². The molecule has 122 valence electrons. The number of carbonyl (C=O) groups excluding carboxylic acids is 1. The highest BCUT2D eigenvalue weighted by Gasteiger charge is 2.13. The summed E-state index contributed by atoms with van der Waals surface area (Å²) in [6.07, 6.45) is 0. The third-order valence-corrected chi connectivity index (χ3v) is 3.76. The summed E-state index contributed by atoms with van der Waals surface area (Å²) in [5, 5.41) is 3.71. The number of ether oxygens (including phenoxy) is 1. The van der Waals surface area contributed by atoms with Crippen molar-refractivity contribution in [2.24, 2.45) is 0 Å². The van der Waals surface area contributed by atoms with Gasteiger partial charge in [0.2, 0.25) is 0 Å². The summed E-state index contributed by atoms with van der Waals surface area (Å²) in [6.45, 7) is 1.92. The van der Waals surface area contributed by atoms with Gasteiger partial charge in [0.15, 0.2) is 0 Å². The first kappa shape index (κ1) is 15.8. The molecule has 0 fully saturated rings. The molecule has 5 nitrogen and oxygen atoms in total. The van der Waals surface area contributed by atoms with Crippen molar-refractivity contribution in [2.75, 3.05) is 12.4 Å². The summed E-state index contributed by atoms with van der Waals surface area (Å²) < 4.78 is 10.6. The molecule has 1 heterocycles. The van der Waals surface area contributed by atoms with Gasteiger partial charge in [-0.15, -0.1) is 0 Å². The molecule has 1 N–H and O–H groups in total. The van der Waals surface area contributed by atoms with Gasteiger partial charge in [-0.05, 0) is 30.7 Å². The van der Waals surface area contributed by atoms with Gasteiger partial charge in [-0.1, -0.05) is 24.3 Å². The van der Waals surface area contributed by atoms with Gasteiger partial charge in [0.05, 0.1) is 5.56 Å². The molecule has 0 spiro atoms. The predicted molar refractivity (Wildman–Crippen MR) is 92.3 cm³/mol. The van der Waals surface area contributed by atoms with Crippen LogP contribution in [-0.2, 0) is 11.3 Å². The summed E-state index contributed by atoms with van der Waals surface area (Å²) >= 11 is 0. The minimum Gasteiger partial charge on any atom is -0.457 e. The monoisotopic (exact) mass is 323 g/mol. The molecule has 0 aliphatic rings. The Kier molecular flexibility index (Phi) is 4.33. The van der Waals surface area contributed by atoms with E-state index in [4.69, 9.17) is 9.15 Å². The lowest BCUT2D eigenvalue weighted by atomic mass is 10.1. The van der Waals surface area contributed by atoms with Crippen LogP contribution in [0.2, 0.25) is 0 Å². The fourth-order valence-electron chi connectivity index (χ4n) is 2.56. The topological polar surface area (TPSA) is 68.5 Å². The van der Waals surface area contributed by atoms with Gasteiger partial charge in [-0.2, -0.15) is 0 Å². The van der Waals surface area contributed by atoms with Crippen LogP contribution < -0.4 is 10.9 Å². The van der Waals surface area contributed by atoms with Crippen LogP contribution >= 0.6 is 0 Å². The number of carbonyl (C=O) groups is 1. The number of hydrogen-bond donors (Lipinski definition) is 1. The molecule has 3 rings (SSSR count). The van der Waals surface area contributed by atoms with E-state index in [9.17, 15) is 9.59 Å². The van der Waals surface area contributed by atoms with Crippen molar-refractivity contribution in [2.45, 2.75) is 13.5 Å². The van der Waals surface area contributed by atoms with Gasteiger partial charge in [-0.3, -0.25) is 0 Å². The van der Waals surface area contributed by atoms with Gasteiger partial charge in [-0.25, -0.2) is 9.59 Å². The maximum absolute atomic E-state index is 12.3. The molecule has 0 atom stereocenters. The van der Waals surface area contributed by atoms with Crippen molar-refractivity contribution in [1.82, 2.24) is 0 Å². The van der Waals surface area contributed by atoms with Crippen LogP contribution in [0.5, 0.6) is 0 Å². The average molecular weight is 323 g/mol. The summed E-state index contributed by atoms with van der Waals surface area (Å²) in [5.74, 6) is -0.451. The largest absolute Gasteiger partial charge is 0.457 e. The molecule has 0 saturated carbocycles. The first-order valence-electron chi connectivity index (χ1n) is 7.56. The quantitative estimate of drug-likeness (QED) is 0.588. The molecule has 0 bridgehead atoms. The highest BCUT2D eigenvalue weighted by Crippen LogP contribution is 2.21. The zero-order valence-corrected chi connectivity index (χ0v) is 13.5. The van der Waals surface area contributed by atoms with Crippen LogP contribution in [0.1, 0.15) is 21.5 Å². The van der Waals surface area contributed by atoms with Gasteiger partial charge < -0.3 is 14.5 Å². The number of para-hydroxylation sites is 1. The number of hydrogen-bond acceptors (Lipinski definition) is 5.